The van der Waals surface area contributed by atoms with Gasteiger partial charge in [0, 0.05) is 16.0 Å². The number of nitrogens with zero attached hydrogens (tertiary/aromatic N) is 1. The van der Waals surface area contributed by atoms with E-state index in [1.807, 2.05) is 54.6 Å². The second-order valence-corrected chi connectivity index (χ2v) is 4.82. The monoisotopic (exact) mass is 273 g/mol. The summed E-state index contributed by atoms with van der Waals surface area (Å²) in [6.45, 7) is 0. The van der Waals surface area contributed by atoms with Crippen molar-refractivity contribution in [2.24, 2.45) is 0 Å². The fourth-order valence-electron chi connectivity index (χ4n) is 1.94. The first-order valence-corrected chi connectivity index (χ1v) is 6.31. The summed E-state index contributed by atoms with van der Waals surface area (Å²) >= 11 is 12.2. The van der Waals surface area contributed by atoms with Gasteiger partial charge in [0.05, 0.1) is 5.52 Å². The Morgan fingerprint density at radius 3 is 2.39 bits per heavy atom. The Kier molecular flexibility index (Phi) is 2.94. The van der Waals surface area contributed by atoms with Gasteiger partial charge in [-0.25, -0.2) is 4.98 Å². The van der Waals surface area contributed by atoms with Crippen LogP contribution in [0.2, 0.25) is 10.2 Å². The number of rotatable bonds is 1. The molecule has 0 aliphatic heterocycles. The van der Waals surface area contributed by atoms with Crippen LogP contribution in [0.3, 0.4) is 0 Å². The molecule has 0 aliphatic carbocycles. The molecule has 1 aromatic heterocycles. The smallest absolute Gasteiger partial charge is 0.137 e. The third-order valence-corrected chi connectivity index (χ3v) is 3.34. The molecule has 1 nitrogen and oxygen atoms in total. The van der Waals surface area contributed by atoms with Crippen LogP contribution in [0.15, 0.2) is 54.6 Å². The first-order chi connectivity index (χ1) is 8.74. The summed E-state index contributed by atoms with van der Waals surface area (Å²) in [7, 11) is 0. The average Bonchev–Trinajstić information content (AvgIpc) is 2.39. The van der Waals surface area contributed by atoms with E-state index in [-0.39, 0.29) is 0 Å². The van der Waals surface area contributed by atoms with Crippen LogP contribution in [-0.4, -0.2) is 4.98 Å². The van der Waals surface area contributed by atoms with Crippen LogP contribution in [-0.2, 0) is 0 Å². The predicted octanol–water partition coefficient (Wildman–Crippen LogP) is 5.21. The van der Waals surface area contributed by atoms with Crippen molar-refractivity contribution in [3.8, 4) is 11.1 Å². The third kappa shape index (κ3) is 2.07. The number of pyridine rings is 1. The lowest BCUT2D eigenvalue weighted by molar-refractivity contribution is 1.41. The zero-order valence-electron chi connectivity index (χ0n) is 9.40. The van der Waals surface area contributed by atoms with Gasteiger partial charge in [-0.15, -0.1) is 0 Å². The van der Waals surface area contributed by atoms with Crippen molar-refractivity contribution in [3.63, 3.8) is 0 Å². The molecule has 0 atom stereocenters. The molecule has 0 spiro atoms. The van der Waals surface area contributed by atoms with Crippen LogP contribution in [0.5, 0.6) is 0 Å². The van der Waals surface area contributed by atoms with Crippen LogP contribution < -0.4 is 0 Å². The minimum atomic E-state index is 0.496. The van der Waals surface area contributed by atoms with Gasteiger partial charge in [0.1, 0.15) is 5.15 Å². The number of benzene rings is 2. The van der Waals surface area contributed by atoms with Crippen molar-refractivity contribution in [2.75, 3.05) is 0 Å². The second-order valence-electron chi connectivity index (χ2n) is 4.03. The normalized spacial score (nSPS) is 10.8. The Hall–Kier alpha value is -1.57. The van der Waals surface area contributed by atoms with Crippen LogP contribution in [0.1, 0.15) is 0 Å². The molecule has 3 heteroatoms. The highest BCUT2D eigenvalue weighted by Gasteiger charge is 2.07. The molecule has 0 aliphatic rings. The summed E-state index contributed by atoms with van der Waals surface area (Å²) in [5.74, 6) is 0. The molecule has 0 unspecified atom stereocenters. The Bertz CT molecular complexity index is 708. The van der Waals surface area contributed by atoms with Gasteiger partial charge in [0.15, 0.2) is 0 Å². The first kappa shape index (κ1) is 11.5. The van der Waals surface area contributed by atoms with E-state index in [1.165, 1.54) is 0 Å². The molecule has 2 aromatic carbocycles. The van der Waals surface area contributed by atoms with Crippen molar-refractivity contribution in [1.29, 1.82) is 0 Å². The molecule has 0 fully saturated rings. The molecular formula is C15H9Cl2N. The number of aromatic nitrogens is 1. The quantitative estimate of drug-likeness (QED) is 0.555. The summed E-state index contributed by atoms with van der Waals surface area (Å²) in [4.78, 5) is 4.39. The molecule has 0 radical (unpaired) electrons. The van der Waals surface area contributed by atoms with Crippen LogP contribution >= 0.6 is 23.2 Å². The Labute approximate surface area is 115 Å². The molecule has 0 amide bonds. The molecule has 18 heavy (non-hydrogen) atoms. The third-order valence-electron chi connectivity index (χ3n) is 2.82. The van der Waals surface area contributed by atoms with E-state index in [0.29, 0.717) is 10.2 Å². The maximum atomic E-state index is 6.24. The van der Waals surface area contributed by atoms with Crippen LogP contribution in [0.25, 0.3) is 22.0 Å². The highest BCUT2D eigenvalue weighted by atomic mass is 35.5. The summed E-state index contributed by atoms with van der Waals surface area (Å²) in [6.07, 6.45) is 0. The van der Waals surface area contributed by atoms with Gasteiger partial charge in [-0.3, -0.25) is 0 Å². The van der Waals surface area contributed by atoms with Gasteiger partial charge in [0.25, 0.3) is 0 Å². The molecule has 0 N–H and O–H groups in total. The highest BCUT2D eigenvalue weighted by Crippen LogP contribution is 2.30. The SMILES string of the molecule is Clc1ccc2cc(-c3ccccc3)c(Cl)nc2c1. The maximum absolute atomic E-state index is 6.24. The Morgan fingerprint density at radius 2 is 1.61 bits per heavy atom. The largest absolute Gasteiger partial charge is 0.235 e. The average molecular weight is 274 g/mol. The van der Waals surface area contributed by atoms with E-state index in [1.54, 1.807) is 0 Å². The molecular weight excluding hydrogens is 265 g/mol. The second kappa shape index (κ2) is 4.60. The minimum Gasteiger partial charge on any atom is -0.235 e. The standard InChI is InChI=1S/C15H9Cl2N/c16-12-7-6-11-8-13(10-4-2-1-3-5-10)15(17)18-14(11)9-12/h1-9H. The molecule has 0 saturated heterocycles. The number of halogens is 2. The van der Waals surface area contributed by atoms with Crippen molar-refractivity contribution in [3.05, 3.63) is 64.8 Å². The zero-order valence-corrected chi connectivity index (χ0v) is 10.9. The lowest BCUT2D eigenvalue weighted by atomic mass is 10.1. The van der Waals surface area contributed by atoms with Gasteiger partial charge in [-0.1, -0.05) is 59.6 Å². The summed E-state index contributed by atoms with van der Waals surface area (Å²) in [6, 6.07) is 17.6. The van der Waals surface area contributed by atoms with Crippen LogP contribution in [0, 0.1) is 0 Å². The number of hydrogen-bond donors (Lipinski definition) is 0. The molecule has 88 valence electrons. The van der Waals surface area contributed by atoms with Crippen molar-refractivity contribution in [2.45, 2.75) is 0 Å². The lowest BCUT2D eigenvalue weighted by Gasteiger charge is -2.06. The fourth-order valence-corrected chi connectivity index (χ4v) is 2.36. The fraction of sp³-hybridized carbons (Fsp3) is 0. The molecule has 3 aromatic rings. The highest BCUT2D eigenvalue weighted by molar-refractivity contribution is 6.33. The predicted molar refractivity (Wildman–Crippen MR) is 77.2 cm³/mol. The van der Waals surface area contributed by atoms with E-state index >= 15 is 0 Å². The van der Waals surface area contributed by atoms with Gasteiger partial charge < -0.3 is 0 Å². The van der Waals surface area contributed by atoms with Crippen molar-refractivity contribution in [1.82, 2.24) is 4.98 Å². The minimum absolute atomic E-state index is 0.496. The Morgan fingerprint density at radius 1 is 0.833 bits per heavy atom. The summed E-state index contributed by atoms with van der Waals surface area (Å²) < 4.78 is 0. The van der Waals surface area contributed by atoms with E-state index in [0.717, 1.165) is 22.0 Å². The first-order valence-electron chi connectivity index (χ1n) is 5.55. The van der Waals surface area contributed by atoms with E-state index in [9.17, 15) is 0 Å². The number of hydrogen-bond acceptors (Lipinski definition) is 1. The van der Waals surface area contributed by atoms with Crippen molar-refractivity contribution >= 4 is 34.1 Å². The summed E-state index contributed by atoms with van der Waals surface area (Å²) in [5, 5.41) is 2.19. The molecule has 1 heterocycles. The maximum Gasteiger partial charge on any atom is 0.137 e. The van der Waals surface area contributed by atoms with Gasteiger partial charge in [0.2, 0.25) is 0 Å². The van der Waals surface area contributed by atoms with E-state index in [2.05, 4.69) is 4.98 Å². The Balaban J connectivity index is 2.25. The zero-order chi connectivity index (χ0) is 12.5. The van der Waals surface area contributed by atoms with Crippen LogP contribution in [0.4, 0.5) is 0 Å². The molecule has 0 saturated carbocycles. The lowest BCUT2D eigenvalue weighted by Crippen LogP contribution is -1.86. The van der Waals surface area contributed by atoms with Gasteiger partial charge in [-0.05, 0) is 23.8 Å². The van der Waals surface area contributed by atoms with Gasteiger partial charge >= 0.3 is 0 Å². The van der Waals surface area contributed by atoms with E-state index < -0.39 is 0 Å². The topological polar surface area (TPSA) is 12.9 Å². The van der Waals surface area contributed by atoms with Gasteiger partial charge in [-0.2, -0.15) is 0 Å². The summed E-state index contributed by atoms with van der Waals surface area (Å²) in [5.41, 5.74) is 2.81. The van der Waals surface area contributed by atoms with E-state index in [4.69, 9.17) is 23.2 Å². The number of fused-ring (bicyclic) bond motifs is 1. The molecule has 3 rings (SSSR count). The molecule has 0 bridgehead atoms. The van der Waals surface area contributed by atoms with Crippen molar-refractivity contribution < 1.29 is 0 Å².